The second kappa shape index (κ2) is 7.61. The van der Waals surface area contributed by atoms with Crippen LogP contribution in [-0.2, 0) is 12.8 Å². The molecule has 1 aliphatic rings. The van der Waals surface area contributed by atoms with E-state index in [9.17, 15) is 15.0 Å². The molecule has 3 rings (SSSR count). The maximum absolute atomic E-state index is 11.4. The Hall–Kier alpha value is -2.81. The Kier molecular flexibility index (Phi) is 5.27. The van der Waals surface area contributed by atoms with Gasteiger partial charge in [-0.2, -0.15) is 0 Å². The third-order valence-corrected chi connectivity index (χ3v) is 5.20. The number of rotatable bonds is 6. The van der Waals surface area contributed by atoms with Crippen LogP contribution in [0.3, 0.4) is 0 Å². The summed E-state index contributed by atoms with van der Waals surface area (Å²) in [6.45, 7) is 1.71. The van der Waals surface area contributed by atoms with E-state index in [2.05, 4.69) is 48.6 Å². The van der Waals surface area contributed by atoms with Crippen molar-refractivity contribution in [3.8, 4) is 5.75 Å². The van der Waals surface area contributed by atoms with E-state index < -0.39 is 5.97 Å². The van der Waals surface area contributed by atoms with Gasteiger partial charge < -0.3 is 10.2 Å². The second-order valence-corrected chi connectivity index (χ2v) is 7.09. The maximum Gasteiger partial charge on any atom is 0.339 e. The molecule has 0 amide bonds. The number of hydrogen-bond donors (Lipinski definition) is 2. The van der Waals surface area contributed by atoms with Crippen molar-refractivity contribution in [1.29, 1.82) is 0 Å². The summed E-state index contributed by atoms with van der Waals surface area (Å²) >= 11 is 0. The van der Waals surface area contributed by atoms with Crippen LogP contribution in [0.1, 0.15) is 39.9 Å². The Morgan fingerprint density at radius 3 is 2.54 bits per heavy atom. The summed E-state index contributed by atoms with van der Waals surface area (Å²) in [7, 11) is 0. The molecule has 2 aromatic rings. The van der Waals surface area contributed by atoms with E-state index >= 15 is 0 Å². The van der Waals surface area contributed by atoms with Crippen LogP contribution in [0.4, 0.5) is 0 Å². The summed E-state index contributed by atoms with van der Waals surface area (Å²) in [5, 5.41) is 19.8. The molecule has 0 fully saturated rings. The quantitative estimate of drug-likeness (QED) is 0.765. The lowest BCUT2D eigenvalue weighted by atomic mass is 9.72. The number of carboxylic acids is 1. The number of allylic oxidation sites excluding steroid dienone is 4. The average molecular weight is 348 g/mol. The predicted molar refractivity (Wildman–Crippen MR) is 104 cm³/mol. The average Bonchev–Trinajstić information content (AvgIpc) is 2.62. The summed E-state index contributed by atoms with van der Waals surface area (Å²) in [6, 6.07) is 14.0. The molecular weight excluding hydrogens is 324 g/mol. The normalized spacial score (nSPS) is 18.8. The summed E-state index contributed by atoms with van der Waals surface area (Å²) in [4.78, 5) is 11.4. The van der Waals surface area contributed by atoms with Crippen LogP contribution in [0.15, 0.2) is 66.8 Å². The Morgan fingerprint density at radius 1 is 1.12 bits per heavy atom. The fourth-order valence-electron chi connectivity index (χ4n) is 3.71. The van der Waals surface area contributed by atoms with E-state index in [0.717, 1.165) is 19.3 Å². The van der Waals surface area contributed by atoms with Crippen LogP contribution in [0.5, 0.6) is 5.75 Å². The van der Waals surface area contributed by atoms with E-state index in [0.29, 0.717) is 17.5 Å². The molecule has 3 nitrogen and oxygen atoms in total. The molecule has 0 bridgehead atoms. The molecule has 0 spiro atoms. The highest BCUT2D eigenvalue weighted by Crippen LogP contribution is 2.38. The maximum atomic E-state index is 11.4. The SMILES string of the molecule is Cc1ccc(CCC2(Cc3ccccc3)C=CC=CC2)c(O)c1C(=O)O. The first-order valence-electron chi connectivity index (χ1n) is 8.94. The molecule has 0 aliphatic heterocycles. The smallest absolute Gasteiger partial charge is 0.339 e. The lowest BCUT2D eigenvalue weighted by Crippen LogP contribution is -2.23. The number of aryl methyl sites for hydroxylation is 2. The molecule has 1 atom stereocenters. The van der Waals surface area contributed by atoms with Crippen molar-refractivity contribution in [1.82, 2.24) is 0 Å². The van der Waals surface area contributed by atoms with Crippen LogP contribution in [0.2, 0.25) is 0 Å². The van der Waals surface area contributed by atoms with Crippen LogP contribution < -0.4 is 0 Å². The van der Waals surface area contributed by atoms with Crippen LogP contribution >= 0.6 is 0 Å². The Labute approximate surface area is 154 Å². The molecule has 1 aliphatic carbocycles. The molecule has 26 heavy (non-hydrogen) atoms. The summed E-state index contributed by atoms with van der Waals surface area (Å²) < 4.78 is 0. The number of aromatic carboxylic acids is 1. The number of aromatic hydroxyl groups is 1. The first kappa shape index (κ1) is 18.0. The number of carbonyl (C=O) groups is 1. The topological polar surface area (TPSA) is 57.5 Å². The highest BCUT2D eigenvalue weighted by atomic mass is 16.4. The highest BCUT2D eigenvalue weighted by molar-refractivity contribution is 5.93. The monoisotopic (exact) mass is 348 g/mol. The molecule has 0 aromatic heterocycles. The minimum Gasteiger partial charge on any atom is -0.507 e. The van der Waals surface area contributed by atoms with Crippen LogP contribution in [0.25, 0.3) is 0 Å². The van der Waals surface area contributed by atoms with E-state index in [1.165, 1.54) is 5.56 Å². The molecule has 134 valence electrons. The molecule has 0 heterocycles. The fraction of sp³-hybridized carbons (Fsp3) is 0.261. The van der Waals surface area contributed by atoms with Gasteiger partial charge in [0.05, 0.1) is 0 Å². The van der Waals surface area contributed by atoms with Gasteiger partial charge in [0.2, 0.25) is 0 Å². The standard InChI is InChI=1S/C23H24O3/c1-17-10-11-19(21(24)20(17)22(25)26)12-15-23(13-6-3-7-14-23)16-18-8-4-2-5-9-18/h2-11,13,24H,12,14-16H2,1H3,(H,25,26). The van der Waals surface area contributed by atoms with Gasteiger partial charge in [0.25, 0.3) is 0 Å². The van der Waals surface area contributed by atoms with Crippen molar-refractivity contribution in [2.24, 2.45) is 5.41 Å². The molecule has 2 N–H and O–H groups in total. The van der Waals surface area contributed by atoms with Gasteiger partial charge in [0.15, 0.2) is 0 Å². The largest absolute Gasteiger partial charge is 0.507 e. The first-order chi connectivity index (χ1) is 12.5. The van der Waals surface area contributed by atoms with Gasteiger partial charge in [-0.1, -0.05) is 66.8 Å². The zero-order valence-electron chi connectivity index (χ0n) is 15.0. The minimum atomic E-state index is -1.08. The van der Waals surface area contributed by atoms with Gasteiger partial charge in [-0.05, 0) is 54.7 Å². The van der Waals surface area contributed by atoms with Gasteiger partial charge >= 0.3 is 5.97 Å². The van der Waals surface area contributed by atoms with Gasteiger partial charge in [0, 0.05) is 0 Å². The van der Waals surface area contributed by atoms with Crippen molar-refractivity contribution in [2.75, 3.05) is 0 Å². The van der Waals surface area contributed by atoms with E-state index in [1.54, 1.807) is 13.0 Å². The van der Waals surface area contributed by atoms with Gasteiger partial charge in [-0.15, -0.1) is 0 Å². The molecule has 3 heteroatoms. The fourth-order valence-corrected chi connectivity index (χ4v) is 3.71. The molecule has 0 radical (unpaired) electrons. The predicted octanol–water partition coefficient (Wildman–Crippen LogP) is 5.08. The molecule has 2 aromatic carbocycles. The highest BCUT2D eigenvalue weighted by Gasteiger charge is 2.28. The summed E-state index contributed by atoms with van der Waals surface area (Å²) in [6.07, 6.45) is 11.9. The third kappa shape index (κ3) is 3.88. The zero-order valence-corrected chi connectivity index (χ0v) is 15.0. The number of hydrogen-bond acceptors (Lipinski definition) is 2. The Balaban J connectivity index is 1.83. The summed E-state index contributed by atoms with van der Waals surface area (Å²) in [5.41, 5.74) is 2.56. The van der Waals surface area contributed by atoms with Gasteiger partial charge in [-0.3, -0.25) is 0 Å². The second-order valence-electron chi connectivity index (χ2n) is 7.09. The van der Waals surface area contributed by atoms with Crippen LogP contribution in [0, 0.1) is 12.3 Å². The van der Waals surface area contributed by atoms with E-state index in [-0.39, 0.29) is 16.7 Å². The first-order valence-corrected chi connectivity index (χ1v) is 8.94. The molecular formula is C23H24O3. The lowest BCUT2D eigenvalue weighted by Gasteiger charge is -2.32. The van der Waals surface area contributed by atoms with Crippen LogP contribution in [-0.4, -0.2) is 16.2 Å². The van der Waals surface area contributed by atoms with E-state index in [4.69, 9.17) is 0 Å². The number of carboxylic acid groups (broad SMARTS) is 1. The molecule has 0 saturated heterocycles. The molecule has 1 unspecified atom stereocenters. The van der Waals surface area contributed by atoms with Crippen molar-refractivity contribution < 1.29 is 15.0 Å². The van der Waals surface area contributed by atoms with Crippen molar-refractivity contribution in [3.63, 3.8) is 0 Å². The number of phenols is 1. The zero-order chi connectivity index (χ0) is 18.6. The third-order valence-electron chi connectivity index (χ3n) is 5.20. The number of benzene rings is 2. The minimum absolute atomic E-state index is 0.0127. The van der Waals surface area contributed by atoms with Crippen molar-refractivity contribution >= 4 is 5.97 Å². The lowest BCUT2D eigenvalue weighted by molar-refractivity contribution is 0.0692. The van der Waals surface area contributed by atoms with Gasteiger partial charge in [0.1, 0.15) is 11.3 Å². The van der Waals surface area contributed by atoms with Crippen molar-refractivity contribution in [2.45, 2.75) is 32.6 Å². The molecule has 0 saturated carbocycles. The Bertz CT molecular complexity index is 849. The summed E-state index contributed by atoms with van der Waals surface area (Å²) in [5.74, 6) is -1.18. The van der Waals surface area contributed by atoms with Crippen molar-refractivity contribution in [3.05, 3.63) is 89.0 Å². The van der Waals surface area contributed by atoms with Gasteiger partial charge in [-0.25, -0.2) is 4.79 Å². The van der Waals surface area contributed by atoms with E-state index in [1.807, 2.05) is 12.1 Å². The Morgan fingerprint density at radius 2 is 1.88 bits per heavy atom.